The van der Waals surface area contributed by atoms with Crippen LogP contribution in [0.2, 0.25) is 0 Å². The predicted molar refractivity (Wildman–Crippen MR) is 53.8 cm³/mol. The van der Waals surface area contributed by atoms with Crippen molar-refractivity contribution in [3.05, 3.63) is 21.9 Å². The Morgan fingerprint density at radius 2 is 2.38 bits per heavy atom. The van der Waals surface area contributed by atoms with Crippen LogP contribution in [0, 0.1) is 0 Å². The molecule has 0 bridgehead atoms. The second-order valence-corrected chi connectivity index (χ2v) is 3.56. The van der Waals surface area contributed by atoms with Crippen LogP contribution in [0.4, 0.5) is 0 Å². The van der Waals surface area contributed by atoms with Gasteiger partial charge < -0.3 is 9.72 Å². The lowest BCUT2D eigenvalue weighted by atomic mass is 10.2. The Morgan fingerprint density at radius 3 is 2.92 bits per heavy atom. The zero-order valence-electron chi connectivity index (χ0n) is 7.69. The van der Waals surface area contributed by atoms with E-state index in [2.05, 4.69) is 32.6 Å². The molecule has 0 aliphatic carbocycles. The first-order chi connectivity index (χ1) is 6.19. The topological polar surface area (TPSA) is 42.1 Å². The lowest BCUT2D eigenvalue weighted by Crippen LogP contribution is -2.00. The molecule has 0 aliphatic rings. The van der Waals surface area contributed by atoms with Gasteiger partial charge in [0.15, 0.2) is 0 Å². The van der Waals surface area contributed by atoms with E-state index in [1.165, 1.54) is 7.11 Å². The Hall–Kier alpha value is -0.770. The summed E-state index contributed by atoms with van der Waals surface area (Å²) in [7, 11) is 1.37. The molecule has 0 spiro atoms. The van der Waals surface area contributed by atoms with Crippen molar-refractivity contribution in [3.63, 3.8) is 0 Å². The van der Waals surface area contributed by atoms with Gasteiger partial charge in [0.2, 0.25) is 0 Å². The van der Waals surface area contributed by atoms with Crippen LogP contribution in [0.15, 0.2) is 10.7 Å². The molecule has 1 N–H and O–H groups in total. The summed E-state index contributed by atoms with van der Waals surface area (Å²) in [5.41, 5.74) is 1.61. The number of hydrogen-bond acceptors (Lipinski definition) is 2. The van der Waals surface area contributed by atoms with Crippen molar-refractivity contribution in [2.45, 2.75) is 19.8 Å². The third-order valence-corrected chi connectivity index (χ3v) is 2.48. The first-order valence-electron chi connectivity index (χ1n) is 4.14. The number of esters is 1. The van der Waals surface area contributed by atoms with Crippen LogP contribution in [-0.4, -0.2) is 18.1 Å². The molecule has 0 aliphatic heterocycles. The van der Waals surface area contributed by atoms with Gasteiger partial charge in [-0.05, 0) is 34.0 Å². The number of aromatic amines is 1. The number of aromatic nitrogens is 1. The highest BCUT2D eigenvalue weighted by molar-refractivity contribution is 9.10. The number of halogens is 1. The Bertz CT molecular complexity index is 307. The van der Waals surface area contributed by atoms with E-state index in [-0.39, 0.29) is 5.97 Å². The highest BCUT2D eigenvalue weighted by Gasteiger charge is 2.11. The molecule has 13 heavy (non-hydrogen) atoms. The number of carbonyl (C=O) groups excluding carboxylic acids is 1. The van der Waals surface area contributed by atoms with Crippen molar-refractivity contribution >= 4 is 21.9 Å². The number of rotatable bonds is 3. The molecule has 4 heteroatoms. The molecule has 0 fully saturated rings. The van der Waals surface area contributed by atoms with Crippen molar-refractivity contribution < 1.29 is 9.53 Å². The molecule has 1 rings (SSSR count). The lowest BCUT2D eigenvalue weighted by Gasteiger charge is -1.92. The number of ether oxygens (including phenoxy) is 1. The SMILES string of the molecule is CCCc1cc(C(=O)OC)[nH]c1Br. The maximum atomic E-state index is 11.1. The van der Waals surface area contributed by atoms with E-state index >= 15 is 0 Å². The van der Waals surface area contributed by atoms with E-state index in [1.807, 2.05) is 6.07 Å². The zero-order chi connectivity index (χ0) is 9.84. The Balaban J connectivity index is 2.88. The van der Waals surface area contributed by atoms with Gasteiger partial charge in [-0.15, -0.1) is 0 Å². The molecule has 0 saturated heterocycles. The molecule has 1 heterocycles. The molecule has 3 nitrogen and oxygen atoms in total. The van der Waals surface area contributed by atoms with Crippen LogP contribution >= 0.6 is 15.9 Å². The maximum absolute atomic E-state index is 11.1. The first kappa shape index (κ1) is 10.3. The summed E-state index contributed by atoms with van der Waals surface area (Å²) in [5, 5.41) is 0. The fraction of sp³-hybridized carbons (Fsp3) is 0.444. The summed E-state index contributed by atoms with van der Waals surface area (Å²) in [6, 6.07) is 1.82. The van der Waals surface area contributed by atoms with E-state index in [0.29, 0.717) is 5.69 Å². The van der Waals surface area contributed by atoms with Gasteiger partial charge in [0, 0.05) is 0 Å². The van der Waals surface area contributed by atoms with Crippen molar-refractivity contribution in [1.29, 1.82) is 0 Å². The number of H-pyrrole nitrogens is 1. The number of carbonyl (C=O) groups is 1. The van der Waals surface area contributed by atoms with Crippen molar-refractivity contribution in [1.82, 2.24) is 4.98 Å². The van der Waals surface area contributed by atoms with Crippen LogP contribution in [0.1, 0.15) is 29.4 Å². The van der Waals surface area contributed by atoms with Gasteiger partial charge in [-0.1, -0.05) is 13.3 Å². The normalized spacial score (nSPS) is 10.1. The summed E-state index contributed by atoms with van der Waals surface area (Å²) in [5.74, 6) is -0.331. The van der Waals surface area contributed by atoms with Crippen LogP contribution in [-0.2, 0) is 11.2 Å². The predicted octanol–water partition coefficient (Wildman–Crippen LogP) is 2.52. The maximum Gasteiger partial charge on any atom is 0.354 e. The van der Waals surface area contributed by atoms with Gasteiger partial charge in [0.05, 0.1) is 11.7 Å². The molecule has 72 valence electrons. The Labute approximate surface area is 85.6 Å². The van der Waals surface area contributed by atoms with Gasteiger partial charge in [-0.2, -0.15) is 0 Å². The Morgan fingerprint density at radius 1 is 1.69 bits per heavy atom. The highest BCUT2D eigenvalue weighted by Crippen LogP contribution is 2.19. The molecule has 1 aromatic heterocycles. The van der Waals surface area contributed by atoms with Crippen molar-refractivity contribution in [3.8, 4) is 0 Å². The average Bonchev–Trinajstić information content (AvgIpc) is 2.47. The molecule has 0 aromatic carbocycles. The fourth-order valence-electron chi connectivity index (χ4n) is 1.14. The molecule has 0 saturated carbocycles. The molecule has 0 amide bonds. The number of hydrogen-bond donors (Lipinski definition) is 1. The van der Waals surface area contributed by atoms with Crippen LogP contribution < -0.4 is 0 Å². The van der Waals surface area contributed by atoms with Crippen LogP contribution in [0.25, 0.3) is 0 Å². The van der Waals surface area contributed by atoms with Crippen molar-refractivity contribution in [2.75, 3.05) is 7.11 Å². The minimum absolute atomic E-state index is 0.331. The molecule has 0 radical (unpaired) electrons. The number of methoxy groups -OCH3 is 1. The standard InChI is InChI=1S/C9H12BrNO2/c1-3-4-6-5-7(9(12)13-2)11-8(6)10/h5,11H,3-4H2,1-2H3. The zero-order valence-corrected chi connectivity index (χ0v) is 9.27. The van der Waals surface area contributed by atoms with E-state index in [9.17, 15) is 4.79 Å². The second-order valence-electron chi connectivity index (χ2n) is 2.76. The highest BCUT2D eigenvalue weighted by atomic mass is 79.9. The van der Waals surface area contributed by atoms with Crippen molar-refractivity contribution in [2.24, 2.45) is 0 Å². The monoisotopic (exact) mass is 245 g/mol. The first-order valence-corrected chi connectivity index (χ1v) is 4.94. The summed E-state index contributed by atoms with van der Waals surface area (Å²) in [4.78, 5) is 14.0. The van der Waals surface area contributed by atoms with E-state index < -0.39 is 0 Å². The summed E-state index contributed by atoms with van der Waals surface area (Å²) >= 11 is 3.35. The molecular formula is C9H12BrNO2. The Kier molecular flexibility index (Phi) is 3.54. The second kappa shape index (κ2) is 4.46. The summed E-state index contributed by atoms with van der Waals surface area (Å²) < 4.78 is 5.46. The van der Waals surface area contributed by atoms with Gasteiger partial charge in [-0.3, -0.25) is 0 Å². The third-order valence-electron chi connectivity index (χ3n) is 1.77. The quantitative estimate of drug-likeness (QED) is 0.832. The van der Waals surface area contributed by atoms with E-state index in [1.54, 1.807) is 0 Å². The number of aryl methyl sites for hydroxylation is 1. The summed E-state index contributed by atoms with van der Waals surface area (Å²) in [6.07, 6.45) is 2.01. The molecular weight excluding hydrogens is 234 g/mol. The van der Waals surface area contributed by atoms with Gasteiger partial charge in [0.1, 0.15) is 5.69 Å². The van der Waals surface area contributed by atoms with Crippen LogP contribution in [0.5, 0.6) is 0 Å². The van der Waals surface area contributed by atoms with Gasteiger partial charge >= 0.3 is 5.97 Å². The third kappa shape index (κ3) is 2.34. The fourth-order valence-corrected chi connectivity index (χ4v) is 1.67. The largest absolute Gasteiger partial charge is 0.464 e. The van der Waals surface area contributed by atoms with Gasteiger partial charge in [0.25, 0.3) is 0 Å². The molecule has 1 aromatic rings. The number of nitrogens with one attached hydrogen (secondary N) is 1. The van der Waals surface area contributed by atoms with E-state index in [0.717, 1.165) is 23.0 Å². The smallest absolute Gasteiger partial charge is 0.354 e. The van der Waals surface area contributed by atoms with Gasteiger partial charge in [-0.25, -0.2) is 4.79 Å². The molecule has 0 unspecified atom stereocenters. The minimum atomic E-state index is -0.331. The summed E-state index contributed by atoms with van der Waals surface area (Å²) in [6.45, 7) is 2.09. The molecule has 0 atom stereocenters. The average molecular weight is 246 g/mol. The minimum Gasteiger partial charge on any atom is -0.464 e. The van der Waals surface area contributed by atoms with E-state index in [4.69, 9.17) is 0 Å². The van der Waals surface area contributed by atoms with Crippen LogP contribution in [0.3, 0.4) is 0 Å². The lowest BCUT2D eigenvalue weighted by molar-refractivity contribution is 0.0594.